The third-order valence-corrected chi connectivity index (χ3v) is 3.59. The summed E-state index contributed by atoms with van der Waals surface area (Å²) >= 11 is 3.45. The summed E-state index contributed by atoms with van der Waals surface area (Å²) in [7, 11) is 0. The highest BCUT2D eigenvalue weighted by atomic mass is 79.9. The van der Waals surface area contributed by atoms with Crippen LogP contribution in [-0.4, -0.2) is 17.4 Å². The molecule has 1 aliphatic rings. The first-order valence-electron chi connectivity index (χ1n) is 5.28. The average Bonchev–Trinajstić information content (AvgIpc) is 2.61. The van der Waals surface area contributed by atoms with E-state index in [1.165, 1.54) is 0 Å². The fourth-order valence-corrected chi connectivity index (χ4v) is 2.74. The number of nitrogens with one attached hydrogen (secondary N) is 1. The minimum absolute atomic E-state index is 0.778. The highest BCUT2D eigenvalue weighted by Gasteiger charge is 2.18. The van der Waals surface area contributed by atoms with E-state index in [1.807, 2.05) is 12.1 Å². The van der Waals surface area contributed by atoms with Gasteiger partial charge in [0.15, 0.2) is 6.29 Å². The van der Waals surface area contributed by atoms with Crippen LogP contribution in [0.4, 0.5) is 0 Å². The maximum atomic E-state index is 11.2. The molecule has 3 nitrogen and oxygen atoms in total. The molecule has 0 saturated heterocycles. The molecule has 4 heteroatoms. The summed E-state index contributed by atoms with van der Waals surface area (Å²) in [6.07, 6.45) is 0.966. The number of carbonyl (C=O) groups excluding carboxylic acids is 1. The van der Waals surface area contributed by atoms with Gasteiger partial charge < -0.3 is 9.88 Å². The number of aromatic nitrogens is 1. The first kappa shape index (κ1) is 10.1. The van der Waals surface area contributed by atoms with E-state index >= 15 is 0 Å². The Hall–Kier alpha value is -1.13. The lowest BCUT2D eigenvalue weighted by Crippen LogP contribution is -2.28. The number of fused-ring (bicyclic) bond motifs is 3. The molecule has 0 atom stereocenters. The molecule has 82 valence electrons. The molecule has 0 radical (unpaired) electrons. The number of rotatable bonds is 1. The Labute approximate surface area is 102 Å². The van der Waals surface area contributed by atoms with Crippen LogP contribution in [0, 0.1) is 0 Å². The Morgan fingerprint density at radius 3 is 3.12 bits per heavy atom. The van der Waals surface area contributed by atoms with Gasteiger partial charge in [-0.1, -0.05) is 15.9 Å². The van der Waals surface area contributed by atoms with Crippen molar-refractivity contribution in [3.05, 3.63) is 33.9 Å². The zero-order valence-electron chi connectivity index (χ0n) is 8.66. The Morgan fingerprint density at radius 1 is 1.44 bits per heavy atom. The normalized spacial score (nSPS) is 15.1. The number of hydrogen-bond donors (Lipinski definition) is 1. The molecule has 0 bridgehead atoms. The Kier molecular flexibility index (Phi) is 2.33. The van der Waals surface area contributed by atoms with Crippen LogP contribution < -0.4 is 5.32 Å². The maximum Gasteiger partial charge on any atom is 0.152 e. The molecule has 1 aliphatic heterocycles. The summed E-state index contributed by atoms with van der Waals surface area (Å²) in [4.78, 5) is 11.2. The van der Waals surface area contributed by atoms with E-state index in [0.29, 0.717) is 0 Å². The Morgan fingerprint density at radius 2 is 2.31 bits per heavy atom. The summed E-state index contributed by atoms with van der Waals surface area (Å²) in [6.45, 7) is 2.67. The molecule has 0 aliphatic carbocycles. The summed E-state index contributed by atoms with van der Waals surface area (Å²) in [5.74, 6) is 0. The van der Waals surface area contributed by atoms with E-state index in [4.69, 9.17) is 0 Å². The van der Waals surface area contributed by atoms with Crippen molar-refractivity contribution in [2.75, 3.05) is 6.54 Å². The van der Waals surface area contributed by atoms with Gasteiger partial charge in [-0.15, -0.1) is 0 Å². The Bertz CT molecular complexity index is 574. The molecule has 0 unspecified atom stereocenters. The van der Waals surface area contributed by atoms with Crippen LogP contribution in [0.2, 0.25) is 0 Å². The zero-order chi connectivity index (χ0) is 11.1. The fraction of sp³-hybridized carbons (Fsp3) is 0.250. The van der Waals surface area contributed by atoms with Crippen molar-refractivity contribution in [1.29, 1.82) is 0 Å². The number of nitrogens with zero attached hydrogens (tertiary/aromatic N) is 1. The zero-order valence-corrected chi connectivity index (χ0v) is 10.3. The minimum atomic E-state index is 0.778. The van der Waals surface area contributed by atoms with Gasteiger partial charge in [-0.25, -0.2) is 0 Å². The largest absolute Gasteiger partial charge is 0.341 e. The van der Waals surface area contributed by atoms with Gasteiger partial charge in [0.25, 0.3) is 0 Å². The molecule has 3 rings (SSSR count). The van der Waals surface area contributed by atoms with Gasteiger partial charge in [-0.2, -0.15) is 0 Å². The van der Waals surface area contributed by atoms with Crippen LogP contribution in [0.15, 0.2) is 22.7 Å². The molecule has 16 heavy (non-hydrogen) atoms. The molecule has 1 aromatic heterocycles. The highest BCUT2D eigenvalue weighted by Crippen LogP contribution is 2.28. The van der Waals surface area contributed by atoms with Crippen LogP contribution in [0.1, 0.15) is 16.1 Å². The van der Waals surface area contributed by atoms with Crippen molar-refractivity contribution < 1.29 is 4.79 Å². The lowest BCUT2D eigenvalue weighted by Gasteiger charge is -2.17. The second-order valence-electron chi connectivity index (χ2n) is 3.97. The van der Waals surface area contributed by atoms with Crippen molar-refractivity contribution in [1.82, 2.24) is 9.88 Å². The maximum absolute atomic E-state index is 11.2. The second-order valence-corrected chi connectivity index (χ2v) is 4.88. The van der Waals surface area contributed by atoms with Crippen molar-refractivity contribution in [3.8, 4) is 0 Å². The summed E-state index contributed by atoms with van der Waals surface area (Å²) in [5.41, 5.74) is 3.08. The molecule has 0 spiro atoms. The van der Waals surface area contributed by atoms with Crippen LogP contribution in [0.5, 0.6) is 0 Å². The SMILES string of the molecule is O=Cc1c2n(c3ccc(Br)cc13)CCNC2. The highest BCUT2D eigenvalue weighted by molar-refractivity contribution is 9.10. The van der Waals surface area contributed by atoms with Gasteiger partial charge in [0.1, 0.15) is 0 Å². The number of benzene rings is 1. The van der Waals surface area contributed by atoms with Gasteiger partial charge >= 0.3 is 0 Å². The van der Waals surface area contributed by atoms with Crippen molar-refractivity contribution in [2.45, 2.75) is 13.1 Å². The summed E-state index contributed by atoms with van der Waals surface area (Å²) in [5, 5.41) is 4.34. The molecular formula is C12H11BrN2O. The second kappa shape index (κ2) is 3.71. The minimum Gasteiger partial charge on any atom is -0.341 e. The number of hydrogen-bond acceptors (Lipinski definition) is 2. The molecule has 2 aromatic rings. The Balaban J connectivity index is 2.41. The molecule has 1 aromatic carbocycles. The quantitative estimate of drug-likeness (QED) is 0.813. The van der Waals surface area contributed by atoms with Crippen LogP contribution >= 0.6 is 15.9 Å². The fourth-order valence-electron chi connectivity index (χ4n) is 2.38. The molecule has 0 saturated carbocycles. The number of halogens is 1. The van der Waals surface area contributed by atoms with Gasteiger partial charge in [-0.3, -0.25) is 4.79 Å². The van der Waals surface area contributed by atoms with E-state index in [-0.39, 0.29) is 0 Å². The third kappa shape index (κ3) is 1.33. The molecular weight excluding hydrogens is 268 g/mol. The molecule has 0 amide bonds. The molecule has 0 fully saturated rings. The molecule has 1 N–H and O–H groups in total. The lowest BCUT2D eigenvalue weighted by atomic mass is 10.1. The van der Waals surface area contributed by atoms with Crippen molar-refractivity contribution in [3.63, 3.8) is 0 Å². The standard InChI is InChI=1S/C12H11BrN2O/c13-8-1-2-11-9(5-8)10(7-16)12-6-14-3-4-15(11)12/h1-2,5,7,14H,3-4,6H2. The smallest absolute Gasteiger partial charge is 0.152 e. The predicted molar refractivity (Wildman–Crippen MR) is 66.7 cm³/mol. The van der Waals surface area contributed by atoms with E-state index in [0.717, 1.165) is 52.6 Å². The average molecular weight is 279 g/mol. The number of carbonyl (C=O) groups is 1. The third-order valence-electron chi connectivity index (χ3n) is 3.10. The van der Waals surface area contributed by atoms with Gasteiger partial charge in [0.05, 0.1) is 0 Å². The van der Waals surface area contributed by atoms with E-state index in [9.17, 15) is 4.79 Å². The van der Waals surface area contributed by atoms with Gasteiger partial charge in [0.2, 0.25) is 0 Å². The van der Waals surface area contributed by atoms with Gasteiger partial charge in [-0.05, 0) is 18.2 Å². The van der Waals surface area contributed by atoms with Crippen LogP contribution in [0.25, 0.3) is 10.9 Å². The predicted octanol–water partition coefficient (Wildman–Crippen LogP) is 2.32. The van der Waals surface area contributed by atoms with Gasteiger partial charge in [0, 0.05) is 46.3 Å². The molecule has 2 heterocycles. The topological polar surface area (TPSA) is 34.0 Å². The van der Waals surface area contributed by atoms with Crippen LogP contribution in [-0.2, 0) is 13.1 Å². The van der Waals surface area contributed by atoms with E-state index < -0.39 is 0 Å². The first-order chi connectivity index (χ1) is 7.81. The lowest BCUT2D eigenvalue weighted by molar-refractivity contribution is 0.112. The van der Waals surface area contributed by atoms with Crippen molar-refractivity contribution >= 4 is 33.1 Å². The van der Waals surface area contributed by atoms with E-state index in [2.05, 4.69) is 31.9 Å². The van der Waals surface area contributed by atoms with E-state index in [1.54, 1.807) is 0 Å². The first-order valence-corrected chi connectivity index (χ1v) is 6.07. The van der Waals surface area contributed by atoms with Crippen LogP contribution in [0.3, 0.4) is 0 Å². The summed E-state index contributed by atoms with van der Waals surface area (Å²) < 4.78 is 3.25. The van der Waals surface area contributed by atoms with Crippen molar-refractivity contribution in [2.24, 2.45) is 0 Å². The monoisotopic (exact) mass is 278 g/mol. The summed E-state index contributed by atoms with van der Waals surface area (Å²) in [6, 6.07) is 6.11. The number of aldehydes is 1.